The van der Waals surface area contributed by atoms with Gasteiger partial charge in [0.05, 0.1) is 5.02 Å². The number of ether oxygens (including phenoxy) is 1. The molecule has 22 heavy (non-hydrogen) atoms. The molecule has 0 spiro atoms. The van der Waals surface area contributed by atoms with Crippen LogP contribution >= 0.6 is 23.2 Å². The molecule has 0 bridgehead atoms. The van der Waals surface area contributed by atoms with Crippen LogP contribution in [0.1, 0.15) is 20.3 Å². The van der Waals surface area contributed by atoms with Crippen molar-refractivity contribution in [3.05, 3.63) is 28.2 Å². The van der Waals surface area contributed by atoms with E-state index in [4.69, 9.17) is 27.9 Å². The van der Waals surface area contributed by atoms with Gasteiger partial charge in [-0.2, -0.15) is 0 Å². The highest BCUT2D eigenvalue weighted by molar-refractivity contribution is 6.34. The fourth-order valence-corrected chi connectivity index (χ4v) is 2.90. The molecule has 2 rings (SSSR count). The number of halogens is 2. The molecule has 0 aliphatic carbocycles. The van der Waals surface area contributed by atoms with Crippen molar-refractivity contribution < 1.29 is 9.53 Å². The number of carbonyl (C=O) groups is 1. The molecule has 0 saturated carbocycles. The summed E-state index contributed by atoms with van der Waals surface area (Å²) in [6, 6.07) is 4.99. The average molecular weight is 345 g/mol. The fraction of sp³-hybridized carbons (Fsp3) is 0.562. The van der Waals surface area contributed by atoms with Crippen molar-refractivity contribution in [1.82, 2.24) is 9.80 Å². The maximum absolute atomic E-state index is 12.5. The van der Waals surface area contributed by atoms with E-state index in [2.05, 4.69) is 11.8 Å². The minimum Gasteiger partial charge on any atom is -0.479 e. The van der Waals surface area contributed by atoms with Gasteiger partial charge in [0, 0.05) is 37.3 Å². The van der Waals surface area contributed by atoms with E-state index in [0.29, 0.717) is 15.8 Å². The van der Waals surface area contributed by atoms with E-state index in [9.17, 15) is 4.79 Å². The standard InChI is InChI=1S/C16H22Cl2N2O2/c1-3-6-19-7-9-20(10-8-19)16(21)12(2)22-15-11-13(17)4-5-14(15)18/h4-5,11-12H,3,6-10H2,1-2H3/t12-/m1/s1. The van der Waals surface area contributed by atoms with Gasteiger partial charge in [-0.1, -0.05) is 30.1 Å². The van der Waals surface area contributed by atoms with Gasteiger partial charge in [0.15, 0.2) is 6.10 Å². The van der Waals surface area contributed by atoms with E-state index >= 15 is 0 Å². The quantitative estimate of drug-likeness (QED) is 0.821. The second kappa shape index (κ2) is 8.04. The molecule has 1 aliphatic heterocycles. The molecule has 0 radical (unpaired) electrons. The Morgan fingerprint density at radius 1 is 1.27 bits per heavy atom. The third-order valence-electron chi connectivity index (χ3n) is 3.77. The van der Waals surface area contributed by atoms with Gasteiger partial charge in [0.2, 0.25) is 0 Å². The van der Waals surface area contributed by atoms with Crippen molar-refractivity contribution in [2.45, 2.75) is 26.4 Å². The molecule has 1 aliphatic rings. The topological polar surface area (TPSA) is 32.8 Å². The molecule has 0 unspecified atom stereocenters. The molecule has 1 aromatic rings. The summed E-state index contributed by atoms with van der Waals surface area (Å²) in [4.78, 5) is 16.7. The van der Waals surface area contributed by atoms with Gasteiger partial charge in [0.25, 0.3) is 5.91 Å². The minimum atomic E-state index is -0.575. The molecule has 1 amide bonds. The lowest BCUT2D eigenvalue weighted by Crippen LogP contribution is -2.51. The number of nitrogens with zero attached hydrogens (tertiary/aromatic N) is 2. The van der Waals surface area contributed by atoms with Crippen LogP contribution in [0, 0.1) is 0 Å². The lowest BCUT2D eigenvalue weighted by Gasteiger charge is -2.35. The lowest BCUT2D eigenvalue weighted by atomic mass is 10.2. The van der Waals surface area contributed by atoms with Gasteiger partial charge >= 0.3 is 0 Å². The summed E-state index contributed by atoms with van der Waals surface area (Å²) in [7, 11) is 0. The van der Waals surface area contributed by atoms with Gasteiger partial charge in [0.1, 0.15) is 5.75 Å². The first-order valence-electron chi connectivity index (χ1n) is 7.64. The first-order valence-corrected chi connectivity index (χ1v) is 8.39. The largest absolute Gasteiger partial charge is 0.479 e. The first kappa shape index (κ1) is 17.4. The van der Waals surface area contributed by atoms with Crippen LogP contribution in [0.4, 0.5) is 0 Å². The van der Waals surface area contributed by atoms with Crippen LogP contribution in [-0.2, 0) is 4.79 Å². The summed E-state index contributed by atoms with van der Waals surface area (Å²) in [6.07, 6.45) is 0.564. The molecule has 122 valence electrons. The monoisotopic (exact) mass is 344 g/mol. The van der Waals surface area contributed by atoms with E-state index in [1.807, 2.05) is 4.90 Å². The fourth-order valence-electron chi connectivity index (χ4n) is 2.57. The molecular weight excluding hydrogens is 323 g/mol. The number of hydrogen-bond donors (Lipinski definition) is 0. The maximum atomic E-state index is 12.5. The average Bonchev–Trinajstić information content (AvgIpc) is 2.51. The van der Waals surface area contributed by atoms with E-state index in [0.717, 1.165) is 39.1 Å². The van der Waals surface area contributed by atoms with Crippen molar-refractivity contribution in [2.24, 2.45) is 0 Å². The zero-order valence-corrected chi connectivity index (χ0v) is 14.5. The van der Waals surface area contributed by atoms with Crippen LogP contribution in [0.5, 0.6) is 5.75 Å². The lowest BCUT2D eigenvalue weighted by molar-refractivity contribution is -0.139. The summed E-state index contributed by atoms with van der Waals surface area (Å²) in [5.41, 5.74) is 0. The molecule has 1 atom stereocenters. The summed E-state index contributed by atoms with van der Waals surface area (Å²) in [5.74, 6) is 0.437. The Kier molecular flexibility index (Phi) is 6.36. The van der Waals surface area contributed by atoms with Crippen molar-refractivity contribution in [1.29, 1.82) is 0 Å². The third-order valence-corrected chi connectivity index (χ3v) is 4.32. The van der Waals surface area contributed by atoms with E-state index in [-0.39, 0.29) is 5.91 Å². The predicted octanol–water partition coefficient (Wildman–Crippen LogP) is 3.31. The zero-order valence-electron chi connectivity index (χ0n) is 13.0. The molecular formula is C16H22Cl2N2O2. The van der Waals surface area contributed by atoms with Gasteiger partial charge in [-0.3, -0.25) is 9.69 Å². The highest BCUT2D eigenvalue weighted by atomic mass is 35.5. The van der Waals surface area contributed by atoms with Crippen LogP contribution in [0.15, 0.2) is 18.2 Å². The Hall–Kier alpha value is -0.970. The molecule has 1 fully saturated rings. The van der Waals surface area contributed by atoms with Crippen LogP contribution in [-0.4, -0.2) is 54.5 Å². The molecule has 1 aromatic carbocycles. The van der Waals surface area contributed by atoms with Crippen LogP contribution < -0.4 is 4.74 Å². The summed E-state index contributed by atoms with van der Waals surface area (Å²) in [6.45, 7) is 8.34. The van der Waals surface area contributed by atoms with Gasteiger partial charge in [-0.15, -0.1) is 0 Å². The number of carbonyl (C=O) groups excluding carboxylic acids is 1. The Balaban J connectivity index is 1.91. The third kappa shape index (κ3) is 4.51. The van der Waals surface area contributed by atoms with Crippen molar-refractivity contribution in [3.8, 4) is 5.75 Å². The maximum Gasteiger partial charge on any atom is 0.263 e. The number of hydrogen-bond acceptors (Lipinski definition) is 3. The number of benzene rings is 1. The Bertz CT molecular complexity index is 517. The smallest absolute Gasteiger partial charge is 0.263 e. The van der Waals surface area contributed by atoms with Crippen LogP contribution in [0.25, 0.3) is 0 Å². The van der Waals surface area contributed by atoms with Crippen LogP contribution in [0.2, 0.25) is 10.0 Å². The molecule has 0 aromatic heterocycles. The molecule has 0 N–H and O–H groups in total. The number of piperazine rings is 1. The van der Waals surface area contributed by atoms with Gasteiger partial charge in [-0.05, 0) is 32.0 Å². The number of amides is 1. The molecule has 1 saturated heterocycles. The Morgan fingerprint density at radius 2 is 1.95 bits per heavy atom. The predicted molar refractivity (Wildman–Crippen MR) is 89.9 cm³/mol. The van der Waals surface area contributed by atoms with E-state index in [1.54, 1.807) is 25.1 Å². The van der Waals surface area contributed by atoms with Gasteiger partial charge in [-0.25, -0.2) is 0 Å². The second-order valence-corrected chi connectivity index (χ2v) is 6.35. The zero-order chi connectivity index (χ0) is 16.1. The highest BCUT2D eigenvalue weighted by Crippen LogP contribution is 2.28. The summed E-state index contributed by atoms with van der Waals surface area (Å²) >= 11 is 12.0. The molecule has 4 nitrogen and oxygen atoms in total. The normalized spacial score (nSPS) is 17.4. The molecule has 6 heteroatoms. The van der Waals surface area contributed by atoms with Gasteiger partial charge < -0.3 is 9.64 Å². The minimum absolute atomic E-state index is 0.00723. The number of rotatable bonds is 5. The first-order chi connectivity index (χ1) is 10.5. The Morgan fingerprint density at radius 3 is 2.59 bits per heavy atom. The Labute approximate surface area is 141 Å². The second-order valence-electron chi connectivity index (χ2n) is 5.50. The SMILES string of the molecule is CCCN1CCN(C(=O)[C@@H](C)Oc2cc(Cl)ccc2Cl)CC1. The summed E-state index contributed by atoms with van der Waals surface area (Å²) < 4.78 is 5.69. The van der Waals surface area contributed by atoms with Crippen molar-refractivity contribution in [2.75, 3.05) is 32.7 Å². The van der Waals surface area contributed by atoms with E-state index < -0.39 is 6.10 Å². The van der Waals surface area contributed by atoms with E-state index in [1.165, 1.54) is 0 Å². The molecule has 1 heterocycles. The van der Waals surface area contributed by atoms with Crippen LogP contribution in [0.3, 0.4) is 0 Å². The highest BCUT2D eigenvalue weighted by Gasteiger charge is 2.26. The van der Waals surface area contributed by atoms with Crippen molar-refractivity contribution >= 4 is 29.1 Å². The summed E-state index contributed by atoms with van der Waals surface area (Å²) in [5, 5.41) is 0.990. The van der Waals surface area contributed by atoms with Crippen molar-refractivity contribution in [3.63, 3.8) is 0 Å².